The number of benzene rings is 2. The maximum absolute atomic E-state index is 13.4. The number of carbonyl (C=O) groups excluding carboxylic acids is 2. The SMILES string of the molecule is O=C(NCC(O)(c1ccccc1)C(F)(F)F)C(=O)Nc1ccccc1[N+](=O)[O-]. The second-order valence-electron chi connectivity index (χ2n) is 5.64. The van der Waals surface area contributed by atoms with Crippen LogP contribution < -0.4 is 10.6 Å². The zero-order valence-electron chi connectivity index (χ0n) is 14.1. The van der Waals surface area contributed by atoms with Crippen LogP contribution in [0.25, 0.3) is 0 Å². The van der Waals surface area contributed by atoms with Gasteiger partial charge < -0.3 is 15.7 Å². The van der Waals surface area contributed by atoms with E-state index in [1.165, 1.54) is 30.3 Å². The van der Waals surface area contributed by atoms with Gasteiger partial charge in [-0.2, -0.15) is 13.2 Å². The number of anilines is 1. The molecule has 0 radical (unpaired) electrons. The minimum atomic E-state index is -5.14. The summed E-state index contributed by atoms with van der Waals surface area (Å²) in [5.41, 5.74) is -4.76. The van der Waals surface area contributed by atoms with Gasteiger partial charge in [-0.25, -0.2) is 0 Å². The summed E-state index contributed by atoms with van der Waals surface area (Å²) in [6.45, 7) is -1.33. The predicted octanol–water partition coefficient (Wildman–Crippen LogP) is 2.10. The number of halogens is 3. The Hall–Kier alpha value is -3.47. The fraction of sp³-hybridized carbons (Fsp3) is 0.176. The second-order valence-corrected chi connectivity index (χ2v) is 5.64. The van der Waals surface area contributed by atoms with Crippen LogP contribution in [-0.2, 0) is 15.2 Å². The minimum absolute atomic E-state index is 0.304. The van der Waals surface area contributed by atoms with Crippen molar-refractivity contribution in [2.45, 2.75) is 11.8 Å². The van der Waals surface area contributed by atoms with Gasteiger partial charge in [0.2, 0.25) is 5.60 Å². The van der Waals surface area contributed by atoms with Crippen LogP contribution in [0, 0.1) is 10.1 Å². The van der Waals surface area contributed by atoms with Crippen molar-refractivity contribution < 1.29 is 32.8 Å². The molecular formula is C17H14F3N3O5. The van der Waals surface area contributed by atoms with E-state index in [0.29, 0.717) is 0 Å². The van der Waals surface area contributed by atoms with Crippen molar-refractivity contribution in [2.75, 3.05) is 11.9 Å². The van der Waals surface area contributed by atoms with Crippen LogP contribution in [-0.4, -0.2) is 34.6 Å². The van der Waals surface area contributed by atoms with Gasteiger partial charge in [-0.1, -0.05) is 42.5 Å². The van der Waals surface area contributed by atoms with Gasteiger partial charge in [0.25, 0.3) is 5.69 Å². The first-order valence-corrected chi connectivity index (χ1v) is 7.73. The Bertz CT molecular complexity index is 889. The average molecular weight is 397 g/mol. The molecule has 0 aliphatic rings. The molecule has 2 aromatic carbocycles. The first-order valence-electron chi connectivity index (χ1n) is 7.73. The van der Waals surface area contributed by atoms with Crippen LogP contribution in [0.3, 0.4) is 0 Å². The second kappa shape index (κ2) is 8.05. The third-order valence-electron chi connectivity index (χ3n) is 3.78. The summed E-state index contributed by atoms with van der Waals surface area (Å²) in [4.78, 5) is 33.8. The summed E-state index contributed by atoms with van der Waals surface area (Å²) in [5, 5.41) is 24.6. The van der Waals surface area contributed by atoms with Crippen LogP contribution in [0.1, 0.15) is 5.56 Å². The number of hydrogen-bond acceptors (Lipinski definition) is 5. The number of nitro benzene ring substituents is 1. The molecule has 148 valence electrons. The highest BCUT2D eigenvalue weighted by Crippen LogP contribution is 2.38. The lowest BCUT2D eigenvalue weighted by molar-refractivity contribution is -0.383. The molecule has 1 atom stereocenters. The van der Waals surface area contributed by atoms with Crippen molar-refractivity contribution >= 4 is 23.2 Å². The third-order valence-corrected chi connectivity index (χ3v) is 3.78. The van der Waals surface area contributed by atoms with Crippen molar-refractivity contribution in [3.8, 4) is 0 Å². The fourth-order valence-corrected chi connectivity index (χ4v) is 2.29. The lowest BCUT2D eigenvalue weighted by atomic mass is 9.93. The average Bonchev–Trinajstić information content (AvgIpc) is 2.65. The quantitative estimate of drug-likeness (QED) is 0.405. The zero-order valence-corrected chi connectivity index (χ0v) is 14.1. The molecule has 0 saturated carbocycles. The van der Waals surface area contributed by atoms with Crippen molar-refractivity contribution in [3.05, 3.63) is 70.3 Å². The van der Waals surface area contributed by atoms with Crippen LogP contribution in [0.5, 0.6) is 0 Å². The van der Waals surface area contributed by atoms with Crippen molar-refractivity contribution in [3.63, 3.8) is 0 Å². The number of carbonyl (C=O) groups is 2. The van der Waals surface area contributed by atoms with E-state index in [1.54, 1.807) is 5.32 Å². The molecule has 28 heavy (non-hydrogen) atoms. The Labute approximate surface area is 156 Å². The van der Waals surface area contributed by atoms with Gasteiger partial charge in [0, 0.05) is 6.07 Å². The number of para-hydroxylation sites is 2. The summed E-state index contributed by atoms with van der Waals surface area (Å²) in [6.07, 6.45) is -5.14. The molecule has 8 nitrogen and oxygen atoms in total. The number of rotatable bonds is 5. The third kappa shape index (κ3) is 4.43. The smallest absolute Gasteiger partial charge is 0.375 e. The first-order chi connectivity index (χ1) is 13.1. The Balaban J connectivity index is 2.13. The highest BCUT2D eigenvalue weighted by molar-refractivity contribution is 6.39. The van der Waals surface area contributed by atoms with E-state index in [1.807, 2.05) is 5.32 Å². The van der Waals surface area contributed by atoms with E-state index >= 15 is 0 Å². The highest BCUT2D eigenvalue weighted by atomic mass is 19.4. The molecule has 0 spiro atoms. The van der Waals surface area contributed by atoms with E-state index in [2.05, 4.69) is 0 Å². The molecule has 0 heterocycles. The van der Waals surface area contributed by atoms with E-state index in [9.17, 15) is 38.0 Å². The molecular weight excluding hydrogens is 383 g/mol. The molecule has 0 aromatic heterocycles. The maximum atomic E-state index is 13.4. The van der Waals surface area contributed by atoms with Gasteiger partial charge in [-0.3, -0.25) is 19.7 Å². The molecule has 1 unspecified atom stereocenters. The zero-order chi connectivity index (χ0) is 20.9. The number of alkyl halides is 3. The van der Waals surface area contributed by atoms with E-state index < -0.39 is 46.3 Å². The molecule has 11 heteroatoms. The van der Waals surface area contributed by atoms with Crippen molar-refractivity contribution in [1.82, 2.24) is 5.32 Å². The summed E-state index contributed by atoms with van der Waals surface area (Å²) in [5.74, 6) is -2.93. The summed E-state index contributed by atoms with van der Waals surface area (Å²) in [7, 11) is 0. The number of amides is 2. The first kappa shape index (κ1) is 20.8. The van der Waals surface area contributed by atoms with E-state index in [4.69, 9.17) is 0 Å². The fourth-order valence-electron chi connectivity index (χ4n) is 2.29. The van der Waals surface area contributed by atoms with Crippen molar-refractivity contribution in [2.24, 2.45) is 0 Å². The lowest BCUT2D eigenvalue weighted by Gasteiger charge is -2.31. The summed E-state index contributed by atoms with van der Waals surface area (Å²) < 4.78 is 40.1. The van der Waals surface area contributed by atoms with E-state index in [0.717, 1.165) is 24.3 Å². The molecule has 2 aromatic rings. The summed E-state index contributed by atoms with van der Waals surface area (Å²) >= 11 is 0. The Morgan fingerprint density at radius 2 is 1.57 bits per heavy atom. The molecule has 3 N–H and O–H groups in total. The largest absolute Gasteiger partial charge is 0.423 e. The van der Waals surface area contributed by atoms with Crippen LogP contribution >= 0.6 is 0 Å². The Morgan fingerprint density at radius 1 is 1.00 bits per heavy atom. The number of nitrogens with one attached hydrogen (secondary N) is 2. The molecule has 2 amide bonds. The standard InChI is InChI=1S/C17H14F3N3O5/c18-17(19,20)16(26,11-6-2-1-3-7-11)10-21-14(24)15(25)22-12-8-4-5-9-13(12)23(27)28/h1-9,26H,10H2,(H,21,24)(H,22,25). The van der Waals surface area contributed by atoms with Gasteiger partial charge in [0.05, 0.1) is 11.5 Å². The number of hydrogen-bond donors (Lipinski definition) is 3. The topological polar surface area (TPSA) is 122 Å². The Kier molecular flexibility index (Phi) is 5.99. The molecule has 0 bridgehead atoms. The van der Waals surface area contributed by atoms with E-state index in [-0.39, 0.29) is 5.69 Å². The minimum Gasteiger partial charge on any atom is -0.375 e. The van der Waals surface area contributed by atoms with Gasteiger partial charge in [0.1, 0.15) is 5.69 Å². The number of nitrogens with zero attached hydrogens (tertiary/aromatic N) is 1. The highest BCUT2D eigenvalue weighted by Gasteiger charge is 2.55. The number of aliphatic hydroxyl groups is 1. The Morgan fingerprint density at radius 3 is 2.14 bits per heavy atom. The van der Waals surface area contributed by atoms with Gasteiger partial charge in [-0.15, -0.1) is 0 Å². The summed E-state index contributed by atoms with van der Waals surface area (Å²) in [6, 6.07) is 10.9. The van der Waals surface area contributed by atoms with Gasteiger partial charge in [-0.05, 0) is 11.6 Å². The maximum Gasteiger partial charge on any atom is 0.423 e. The molecule has 0 saturated heterocycles. The van der Waals surface area contributed by atoms with Crippen LogP contribution in [0.4, 0.5) is 24.5 Å². The predicted molar refractivity (Wildman–Crippen MR) is 91.1 cm³/mol. The lowest BCUT2D eigenvalue weighted by Crippen LogP contribution is -2.52. The van der Waals surface area contributed by atoms with Crippen LogP contribution in [0.15, 0.2) is 54.6 Å². The molecule has 0 aliphatic carbocycles. The number of nitro groups is 1. The monoisotopic (exact) mass is 397 g/mol. The van der Waals surface area contributed by atoms with Gasteiger partial charge in [0.15, 0.2) is 0 Å². The van der Waals surface area contributed by atoms with Gasteiger partial charge >= 0.3 is 18.0 Å². The van der Waals surface area contributed by atoms with Crippen LogP contribution in [0.2, 0.25) is 0 Å². The van der Waals surface area contributed by atoms with Crippen molar-refractivity contribution in [1.29, 1.82) is 0 Å². The molecule has 0 aliphatic heterocycles. The molecule has 2 rings (SSSR count). The molecule has 0 fully saturated rings. The normalized spacial score (nSPS) is 13.3.